The van der Waals surface area contributed by atoms with E-state index in [-0.39, 0.29) is 23.9 Å². The molecule has 1 aliphatic heterocycles. The number of fused-ring (bicyclic) bond motifs is 3. The van der Waals surface area contributed by atoms with Crippen LogP contribution in [0.5, 0.6) is 0 Å². The molecule has 1 aliphatic rings. The fraction of sp³-hybridized carbons (Fsp3) is 0.261. The van der Waals surface area contributed by atoms with E-state index in [2.05, 4.69) is 20.2 Å². The molecule has 0 saturated carbocycles. The molecule has 31 heavy (non-hydrogen) atoms. The normalized spacial score (nSPS) is 15.0. The highest BCUT2D eigenvalue weighted by Gasteiger charge is 2.27. The largest absolute Gasteiger partial charge is 0.450 e. The fourth-order valence-electron chi connectivity index (χ4n) is 4.08. The van der Waals surface area contributed by atoms with Crippen LogP contribution in [-0.4, -0.2) is 29.0 Å². The molecule has 158 valence electrons. The second-order valence-electron chi connectivity index (χ2n) is 7.69. The first kappa shape index (κ1) is 19.4. The molecular weight excluding hydrogens is 402 g/mol. The van der Waals surface area contributed by atoms with Gasteiger partial charge in [0.2, 0.25) is 5.91 Å². The Balaban J connectivity index is 1.26. The SMILES string of the molecule is O=C(NCc1ccc(F)cc1F)C1CCN(c2ncnc3c2oc2ccccc23)CC1. The van der Waals surface area contributed by atoms with Crippen molar-refractivity contribution in [2.24, 2.45) is 5.92 Å². The number of nitrogens with one attached hydrogen (secondary N) is 1. The van der Waals surface area contributed by atoms with E-state index in [9.17, 15) is 13.6 Å². The lowest BCUT2D eigenvalue weighted by molar-refractivity contribution is -0.125. The van der Waals surface area contributed by atoms with Crippen molar-refractivity contribution in [2.75, 3.05) is 18.0 Å². The number of para-hydroxylation sites is 1. The van der Waals surface area contributed by atoms with Gasteiger partial charge in [-0.1, -0.05) is 18.2 Å². The number of carbonyl (C=O) groups is 1. The van der Waals surface area contributed by atoms with E-state index < -0.39 is 11.6 Å². The number of piperidine rings is 1. The molecule has 0 unspecified atom stereocenters. The number of anilines is 1. The Bertz CT molecular complexity index is 1270. The summed E-state index contributed by atoms with van der Waals surface area (Å²) < 4.78 is 32.8. The maximum atomic E-state index is 13.8. The van der Waals surface area contributed by atoms with Crippen LogP contribution in [0.1, 0.15) is 18.4 Å². The van der Waals surface area contributed by atoms with Gasteiger partial charge in [-0.15, -0.1) is 0 Å². The van der Waals surface area contributed by atoms with Gasteiger partial charge in [0.25, 0.3) is 0 Å². The quantitative estimate of drug-likeness (QED) is 0.534. The van der Waals surface area contributed by atoms with Crippen molar-refractivity contribution >= 4 is 33.8 Å². The Kier molecular flexibility index (Phi) is 4.97. The van der Waals surface area contributed by atoms with Crippen molar-refractivity contribution in [1.82, 2.24) is 15.3 Å². The molecule has 0 radical (unpaired) electrons. The summed E-state index contributed by atoms with van der Waals surface area (Å²) in [6.45, 7) is 1.33. The van der Waals surface area contributed by atoms with Crippen LogP contribution in [0.15, 0.2) is 53.2 Å². The van der Waals surface area contributed by atoms with E-state index in [0.29, 0.717) is 31.5 Å². The first-order valence-electron chi connectivity index (χ1n) is 10.2. The van der Waals surface area contributed by atoms with Gasteiger partial charge in [-0.05, 0) is 31.0 Å². The van der Waals surface area contributed by atoms with Crippen molar-refractivity contribution in [2.45, 2.75) is 19.4 Å². The van der Waals surface area contributed by atoms with Gasteiger partial charge in [-0.2, -0.15) is 0 Å². The number of nitrogens with zero attached hydrogens (tertiary/aromatic N) is 3. The molecule has 0 bridgehead atoms. The lowest BCUT2D eigenvalue weighted by Gasteiger charge is -2.31. The summed E-state index contributed by atoms with van der Waals surface area (Å²) in [5, 5.41) is 3.71. The average Bonchev–Trinajstić information content (AvgIpc) is 3.17. The third-order valence-corrected chi connectivity index (χ3v) is 5.77. The predicted molar refractivity (Wildman–Crippen MR) is 112 cm³/mol. The zero-order valence-corrected chi connectivity index (χ0v) is 16.6. The number of furan rings is 1. The lowest BCUT2D eigenvalue weighted by Crippen LogP contribution is -2.40. The molecule has 6 nitrogen and oxygen atoms in total. The van der Waals surface area contributed by atoms with Crippen molar-refractivity contribution < 1.29 is 18.0 Å². The number of benzene rings is 2. The highest BCUT2D eigenvalue weighted by atomic mass is 19.1. The van der Waals surface area contributed by atoms with Crippen molar-refractivity contribution in [3.05, 3.63) is 66.0 Å². The van der Waals surface area contributed by atoms with Gasteiger partial charge in [-0.3, -0.25) is 4.79 Å². The van der Waals surface area contributed by atoms with Gasteiger partial charge in [0, 0.05) is 42.6 Å². The Hall–Kier alpha value is -3.55. The van der Waals surface area contributed by atoms with Crippen LogP contribution in [0.2, 0.25) is 0 Å². The second-order valence-corrected chi connectivity index (χ2v) is 7.69. The molecule has 3 heterocycles. The highest BCUT2D eigenvalue weighted by Crippen LogP contribution is 2.33. The van der Waals surface area contributed by atoms with Crippen LogP contribution in [-0.2, 0) is 11.3 Å². The minimum absolute atomic E-state index is 0.0384. The van der Waals surface area contributed by atoms with Crippen LogP contribution in [0.4, 0.5) is 14.6 Å². The first-order valence-corrected chi connectivity index (χ1v) is 10.2. The third-order valence-electron chi connectivity index (χ3n) is 5.77. The number of aromatic nitrogens is 2. The summed E-state index contributed by atoms with van der Waals surface area (Å²) in [5.74, 6) is -0.863. The van der Waals surface area contributed by atoms with Crippen LogP contribution in [0, 0.1) is 17.6 Å². The summed E-state index contributed by atoms with van der Waals surface area (Å²) in [4.78, 5) is 23.5. The van der Waals surface area contributed by atoms with E-state index in [0.717, 1.165) is 28.4 Å². The standard InChI is InChI=1S/C23H20F2N4O2/c24-16-6-5-15(18(25)11-16)12-26-23(30)14-7-9-29(10-8-14)22-21-20(27-13-28-22)17-3-1-2-4-19(17)31-21/h1-6,11,13-14H,7-10,12H2,(H,26,30). The van der Waals surface area contributed by atoms with Crippen LogP contribution < -0.4 is 10.2 Å². The zero-order chi connectivity index (χ0) is 21.4. The summed E-state index contributed by atoms with van der Waals surface area (Å²) in [7, 11) is 0. The molecule has 8 heteroatoms. The molecule has 0 aliphatic carbocycles. The van der Waals surface area contributed by atoms with Crippen LogP contribution >= 0.6 is 0 Å². The van der Waals surface area contributed by atoms with E-state index in [1.165, 1.54) is 18.5 Å². The van der Waals surface area contributed by atoms with Gasteiger partial charge >= 0.3 is 0 Å². The smallest absolute Gasteiger partial charge is 0.223 e. The van der Waals surface area contributed by atoms with Crippen LogP contribution in [0.25, 0.3) is 22.1 Å². The number of hydrogen-bond acceptors (Lipinski definition) is 5. The predicted octanol–water partition coefficient (Wildman–Crippen LogP) is 4.19. The molecular formula is C23H20F2N4O2. The topological polar surface area (TPSA) is 71.3 Å². The number of amides is 1. The van der Waals surface area contributed by atoms with E-state index in [1.54, 1.807) is 0 Å². The Labute approximate surface area is 176 Å². The van der Waals surface area contributed by atoms with E-state index in [1.807, 2.05) is 24.3 Å². The van der Waals surface area contributed by atoms with Crippen molar-refractivity contribution in [3.63, 3.8) is 0 Å². The molecule has 1 fully saturated rings. The van der Waals surface area contributed by atoms with E-state index in [4.69, 9.17) is 4.42 Å². The van der Waals surface area contributed by atoms with Crippen molar-refractivity contribution in [1.29, 1.82) is 0 Å². The molecule has 2 aromatic heterocycles. The molecule has 1 amide bonds. The number of halogens is 2. The minimum atomic E-state index is -0.659. The molecule has 1 saturated heterocycles. The van der Waals surface area contributed by atoms with Gasteiger partial charge in [-0.25, -0.2) is 18.7 Å². The van der Waals surface area contributed by atoms with Crippen LogP contribution in [0.3, 0.4) is 0 Å². The summed E-state index contributed by atoms with van der Waals surface area (Å²) in [5.41, 5.74) is 2.46. The Morgan fingerprint density at radius 2 is 1.94 bits per heavy atom. The lowest BCUT2D eigenvalue weighted by atomic mass is 9.95. The van der Waals surface area contributed by atoms with Crippen molar-refractivity contribution in [3.8, 4) is 0 Å². The van der Waals surface area contributed by atoms with E-state index >= 15 is 0 Å². The van der Waals surface area contributed by atoms with Gasteiger partial charge < -0.3 is 14.6 Å². The summed E-state index contributed by atoms with van der Waals surface area (Å²) in [6, 6.07) is 11.1. The Morgan fingerprint density at radius 1 is 1.13 bits per heavy atom. The summed E-state index contributed by atoms with van der Waals surface area (Å²) in [6.07, 6.45) is 2.82. The molecule has 4 aromatic rings. The maximum absolute atomic E-state index is 13.8. The minimum Gasteiger partial charge on any atom is -0.450 e. The van der Waals surface area contributed by atoms with Gasteiger partial charge in [0.15, 0.2) is 11.4 Å². The molecule has 5 rings (SSSR count). The maximum Gasteiger partial charge on any atom is 0.223 e. The molecule has 0 atom stereocenters. The number of carbonyl (C=O) groups excluding carboxylic acids is 1. The first-order chi connectivity index (χ1) is 15.1. The third kappa shape index (κ3) is 3.69. The molecule has 0 spiro atoms. The van der Waals surface area contributed by atoms with Gasteiger partial charge in [0.1, 0.15) is 29.1 Å². The monoisotopic (exact) mass is 422 g/mol. The molecule has 1 N–H and O–H groups in total. The second kappa shape index (κ2) is 7.94. The number of rotatable bonds is 4. The fourth-order valence-corrected chi connectivity index (χ4v) is 4.08. The number of hydrogen-bond donors (Lipinski definition) is 1. The summed E-state index contributed by atoms with van der Waals surface area (Å²) >= 11 is 0. The molecule has 2 aromatic carbocycles. The van der Waals surface area contributed by atoms with Gasteiger partial charge in [0.05, 0.1) is 0 Å². The average molecular weight is 422 g/mol. The Morgan fingerprint density at radius 3 is 2.74 bits per heavy atom. The highest BCUT2D eigenvalue weighted by molar-refractivity contribution is 6.05. The zero-order valence-electron chi connectivity index (χ0n) is 16.6.